The zero-order valence-corrected chi connectivity index (χ0v) is 25.0. The molecule has 0 aliphatic rings. The van der Waals surface area contributed by atoms with E-state index in [2.05, 4.69) is 5.32 Å². The lowest BCUT2D eigenvalue weighted by Gasteiger charge is -2.34. The van der Waals surface area contributed by atoms with Crippen molar-refractivity contribution in [2.24, 2.45) is 0 Å². The normalized spacial score (nSPS) is 12.1. The summed E-state index contributed by atoms with van der Waals surface area (Å²) in [5, 5.41) is 2.95. The highest BCUT2D eigenvalue weighted by Crippen LogP contribution is 2.29. The van der Waals surface area contributed by atoms with Gasteiger partial charge in [0.25, 0.3) is 0 Å². The van der Waals surface area contributed by atoms with Crippen molar-refractivity contribution in [2.45, 2.75) is 58.5 Å². The summed E-state index contributed by atoms with van der Waals surface area (Å²) in [7, 11) is -3.87. The van der Waals surface area contributed by atoms with E-state index in [1.165, 1.54) is 17.0 Å². The maximum atomic E-state index is 14.2. The minimum atomic E-state index is -3.87. The maximum Gasteiger partial charge on any atom is 0.244 e. The lowest BCUT2D eigenvalue weighted by molar-refractivity contribution is -0.140. The lowest BCUT2D eigenvalue weighted by atomic mass is 10.0. The van der Waals surface area contributed by atoms with Crippen LogP contribution in [0.25, 0.3) is 0 Å². The Balaban J connectivity index is 2.06. The van der Waals surface area contributed by atoms with Gasteiger partial charge in [0.2, 0.25) is 21.8 Å². The third kappa shape index (κ3) is 9.14. The monoisotopic (exact) mass is 581 g/mol. The van der Waals surface area contributed by atoms with Crippen LogP contribution in [0.4, 0.5) is 10.1 Å². The molecule has 1 N–H and O–H groups in total. The fraction of sp³-hybridized carbons (Fsp3) is 0.375. The first-order chi connectivity index (χ1) is 19.5. The van der Waals surface area contributed by atoms with Crippen molar-refractivity contribution in [3.63, 3.8) is 0 Å². The Morgan fingerprint density at radius 3 is 2.15 bits per heavy atom. The summed E-state index contributed by atoms with van der Waals surface area (Å²) in [6, 6.07) is 21.3. The highest BCUT2D eigenvalue weighted by molar-refractivity contribution is 7.92. The molecule has 7 nitrogen and oxygen atoms in total. The highest BCUT2D eigenvalue weighted by atomic mass is 32.2. The van der Waals surface area contributed by atoms with Crippen molar-refractivity contribution >= 4 is 27.5 Å². The van der Waals surface area contributed by atoms with E-state index in [0.29, 0.717) is 17.8 Å². The average molecular weight is 582 g/mol. The number of carbonyl (C=O) groups excluding carboxylic acids is 2. The molecule has 0 aliphatic heterocycles. The quantitative estimate of drug-likeness (QED) is 0.263. The van der Waals surface area contributed by atoms with Crippen LogP contribution in [0.2, 0.25) is 0 Å². The zero-order chi connectivity index (χ0) is 30.0. The molecule has 0 saturated carbocycles. The Bertz CT molecular complexity index is 1400. The van der Waals surface area contributed by atoms with E-state index < -0.39 is 34.3 Å². The second kappa shape index (κ2) is 14.8. The predicted octanol–water partition coefficient (Wildman–Crippen LogP) is 5.27. The second-order valence-electron chi connectivity index (χ2n) is 10.5. The van der Waals surface area contributed by atoms with Gasteiger partial charge in [0, 0.05) is 19.5 Å². The number of halogens is 1. The molecule has 9 heteroatoms. The molecule has 0 radical (unpaired) electrons. The number of sulfonamides is 1. The molecule has 41 heavy (non-hydrogen) atoms. The Hall–Kier alpha value is -3.72. The Labute approximate surface area is 243 Å². The van der Waals surface area contributed by atoms with Gasteiger partial charge >= 0.3 is 0 Å². The van der Waals surface area contributed by atoms with Crippen LogP contribution >= 0.6 is 0 Å². The summed E-state index contributed by atoms with van der Waals surface area (Å²) in [4.78, 5) is 29.2. The molecule has 0 saturated heterocycles. The summed E-state index contributed by atoms with van der Waals surface area (Å²) in [5.74, 6) is -1.27. The molecule has 0 unspecified atom stereocenters. The molecule has 0 bridgehead atoms. The number of benzene rings is 3. The third-order valence-corrected chi connectivity index (χ3v) is 8.00. The van der Waals surface area contributed by atoms with Gasteiger partial charge in [-0.3, -0.25) is 13.9 Å². The van der Waals surface area contributed by atoms with Gasteiger partial charge in [-0.1, -0.05) is 87.9 Å². The number of amides is 2. The van der Waals surface area contributed by atoms with E-state index in [4.69, 9.17) is 0 Å². The maximum absolute atomic E-state index is 14.2. The molecular formula is C32H40FN3O4S. The number of unbranched alkanes of at least 4 members (excludes halogenated alkanes) is 1. The van der Waals surface area contributed by atoms with Crippen LogP contribution in [0.1, 0.15) is 56.2 Å². The molecule has 0 fully saturated rings. The van der Waals surface area contributed by atoms with Crippen LogP contribution in [0, 0.1) is 5.82 Å². The highest BCUT2D eigenvalue weighted by Gasteiger charge is 2.33. The number of hydrogen-bond donors (Lipinski definition) is 1. The van der Waals surface area contributed by atoms with E-state index >= 15 is 0 Å². The van der Waals surface area contributed by atoms with Gasteiger partial charge in [-0.05, 0) is 47.2 Å². The van der Waals surface area contributed by atoms with Gasteiger partial charge in [0.1, 0.15) is 18.4 Å². The molecule has 0 aromatic heterocycles. The van der Waals surface area contributed by atoms with Crippen LogP contribution < -0.4 is 9.62 Å². The molecule has 3 aromatic carbocycles. The first-order valence-corrected chi connectivity index (χ1v) is 15.8. The molecule has 3 rings (SSSR count). The number of carbonyl (C=O) groups is 2. The first kappa shape index (κ1) is 31.8. The molecular weight excluding hydrogens is 541 g/mol. The van der Waals surface area contributed by atoms with Crippen LogP contribution in [-0.4, -0.2) is 50.5 Å². The molecule has 1 atom stereocenters. The SMILES string of the molecule is CCCCNC(=O)[C@H](Cc1ccccc1)N(Cc1ccc(F)cc1)C(=O)CN(c1ccccc1C(C)C)S(C)(=O)=O. The van der Waals surface area contributed by atoms with Gasteiger partial charge in [-0.2, -0.15) is 0 Å². The van der Waals surface area contributed by atoms with Gasteiger partial charge in [-0.25, -0.2) is 12.8 Å². The van der Waals surface area contributed by atoms with Crippen molar-refractivity contribution < 1.29 is 22.4 Å². The number of anilines is 1. The molecule has 0 aliphatic carbocycles. The van der Waals surface area contributed by atoms with E-state index in [-0.39, 0.29) is 24.8 Å². The van der Waals surface area contributed by atoms with Crippen LogP contribution in [-0.2, 0) is 32.6 Å². The minimum absolute atomic E-state index is 0.00123. The standard InChI is InChI=1S/C32H40FN3O4S/c1-5-6-20-34-32(38)30(21-25-12-8-7-9-13-25)35(22-26-16-18-27(33)19-17-26)31(37)23-36(41(4,39)40)29-15-11-10-14-28(29)24(2)3/h7-19,24,30H,5-6,20-23H2,1-4H3,(H,34,38)/t30-/m0/s1. The number of nitrogens with one attached hydrogen (secondary N) is 1. The van der Waals surface area contributed by atoms with Gasteiger partial charge in [0.15, 0.2) is 0 Å². The molecule has 220 valence electrons. The van der Waals surface area contributed by atoms with E-state index in [1.54, 1.807) is 24.3 Å². The summed E-state index contributed by atoms with van der Waals surface area (Å²) in [6.45, 7) is 5.90. The predicted molar refractivity (Wildman–Crippen MR) is 162 cm³/mol. The van der Waals surface area contributed by atoms with E-state index in [0.717, 1.165) is 34.5 Å². The fourth-order valence-corrected chi connectivity index (χ4v) is 5.51. The summed E-state index contributed by atoms with van der Waals surface area (Å²) in [6.07, 6.45) is 2.97. The van der Waals surface area contributed by atoms with Crippen LogP contribution in [0.3, 0.4) is 0 Å². The topological polar surface area (TPSA) is 86.8 Å². The Morgan fingerprint density at radius 2 is 1.54 bits per heavy atom. The minimum Gasteiger partial charge on any atom is -0.354 e. The molecule has 2 amide bonds. The van der Waals surface area contributed by atoms with E-state index in [9.17, 15) is 22.4 Å². The lowest BCUT2D eigenvalue weighted by Crippen LogP contribution is -2.53. The third-order valence-electron chi connectivity index (χ3n) is 6.87. The van der Waals surface area contributed by atoms with Crippen LogP contribution in [0.15, 0.2) is 78.9 Å². The Kier molecular flexibility index (Phi) is 11.5. The molecule has 0 heterocycles. The Morgan fingerprint density at radius 1 is 0.902 bits per heavy atom. The summed E-state index contributed by atoms with van der Waals surface area (Å²) in [5.41, 5.74) is 2.68. The number of para-hydroxylation sites is 1. The van der Waals surface area contributed by atoms with Crippen molar-refractivity contribution in [3.05, 3.63) is 101 Å². The van der Waals surface area contributed by atoms with Gasteiger partial charge in [-0.15, -0.1) is 0 Å². The zero-order valence-electron chi connectivity index (χ0n) is 24.2. The van der Waals surface area contributed by atoms with Crippen molar-refractivity contribution in [1.29, 1.82) is 0 Å². The molecule has 3 aromatic rings. The summed E-state index contributed by atoms with van der Waals surface area (Å²) < 4.78 is 40.9. The van der Waals surface area contributed by atoms with Gasteiger partial charge in [0.05, 0.1) is 11.9 Å². The number of hydrogen-bond acceptors (Lipinski definition) is 4. The van der Waals surface area contributed by atoms with Crippen molar-refractivity contribution in [1.82, 2.24) is 10.2 Å². The smallest absolute Gasteiger partial charge is 0.244 e. The van der Waals surface area contributed by atoms with Crippen molar-refractivity contribution in [2.75, 3.05) is 23.7 Å². The molecule has 0 spiro atoms. The van der Waals surface area contributed by atoms with Crippen molar-refractivity contribution in [3.8, 4) is 0 Å². The largest absolute Gasteiger partial charge is 0.354 e. The van der Waals surface area contributed by atoms with Gasteiger partial charge < -0.3 is 10.2 Å². The first-order valence-electron chi connectivity index (χ1n) is 13.9. The van der Waals surface area contributed by atoms with Crippen LogP contribution in [0.5, 0.6) is 0 Å². The second-order valence-corrected chi connectivity index (χ2v) is 12.4. The number of rotatable bonds is 14. The fourth-order valence-electron chi connectivity index (χ4n) is 4.64. The summed E-state index contributed by atoms with van der Waals surface area (Å²) >= 11 is 0. The van der Waals surface area contributed by atoms with E-state index in [1.807, 2.05) is 63.2 Å². The number of nitrogens with zero attached hydrogens (tertiary/aromatic N) is 2. The average Bonchev–Trinajstić information content (AvgIpc) is 2.94.